The zero-order valence-electron chi connectivity index (χ0n) is 13.2. The van der Waals surface area contributed by atoms with Crippen LogP contribution in [0, 0.1) is 0 Å². The van der Waals surface area contributed by atoms with E-state index in [1.54, 1.807) is 19.3 Å². The molecular formula is C19H16ClNO3. The highest BCUT2D eigenvalue weighted by Gasteiger charge is 2.10. The summed E-state index contributed by atoms with van der Waals surface area (Å²) in [7, 11) is 1.59. The lowest BCUT2D eigenvalue weighted by Gasteiger charge is -2.09. The Morgan fingerprint density at radius 1 is 1.25 bits per heavy atom. The molecule has 0 bridgehead atoms. The molecular weight excluding hydrogens is 326 g/mol. The van der Waals surface area contributed by atoms with Crippen LogP contribution in [-0.4, -0.2) is 18.7 Å². The first-order valence-electron chi connectivity index (χ1n) is 7.36. The number of para-hydroxylation sites is 2. The first kappa shape index (κ1) is 16.1. The van der Waals surface area contributed by atoms with Gasteiger partial charge in [0.05, 0.1) is 7.11 Å². The maximum Gasteiger partial charge on any atom is 0.238 e. The van der Waals surface area contributed by atoms with E-state index in [1.165, 1.54) is 0 Å². The van der Waals surface area contributed by atoms with Crippen LogP contribution in [0.25, 0.3) is 22.2 Å². The van der Waals surface area contributed by atoms with E-state index in [0.29, 0.717) is 34.6 Å². The average Bonchev–Trinajstić information content (AvgIpc) is 3.04. The Labute approximate surface area is 145 Å². The second-order valence-electron chi connectivity index (χ2n) is 4.99. The van der Waals surface area contributed by atoms with Gasteiger partial charge in [0.25, 0.3) is 0 Å². The van der Waals surface area contributed by atoms with Crippen molar-refractivity contribution in [2.24, 2.45) is 0 Å². The van der Waals surface area contributed by atoms with Crippen LogP contribution in [0.3, 0.4) is 0 Å². The highest BCUT2D eigenvalue weighted by molar-refractivity contribution is 6.50. The van der Waals surface area contributed by atoms with Crippen molar-refractivity contribution in [1.82, 2.24) is 4.98 Å². The van der Waals surface area contributed by atoms with Gasteiger partial charge in [-0.15, -0.1) is 0 Å². The Balaban J connectivity index is 1.90. The molecule has 0 saturated carbocycles. The highest BCUT2D eigenvalue weighted by atomic mass is 35.5. The Bertz CT molecular complexity index is 866. The first-order valence-corrected chi connectivity index (χ1v) is 7.74. The van der Waals surface area contributed by atoms with E-state index in [2.05, 4.69) is 11.6 Å². The third-order valence-electron chi connectivity index (χ3n) is 3.34. The summed E-state index contributed by atoms with van der Waals surface area (Å²) in [6.07, 6.45) is 3.45. The molecule has 0 N–H and O–H groups in total. The molecule has 0 amide bonds. The molecule has 0 aliphatic rings. The number of nitrogens with zero attached hydrogens (tertiary/aromatic N) is 1. The molecule has 0 saturated heterocycles. The van der Waals surface area contributed by atoms with Gasteiger partial charge in [0, 0.05) is 0 Å². The van der Waals surface area contributed by atoms with E-state index < -0.39 is 0 Å². The highest BCUT2D eigenvalue weighted by Crippen LogP contribution is 2.31. The number of ether oxygens (including phenoxy) is 2. The van der Waals surface area contributed by atoms with E-state index in [4.69, 9.17) is 25.5 Å². The number of hydrogen-bond donors (Lipinski definition) is 0. The second-order valence-corrected chi connectivity index (χ2v) is 5.40. The molecule has 3 aromatic rings. The zero-order valence-corrected chi connectivity index (χ0v) is 13.9. The third-order valence-corrected chi connectivity index (χ3v) is 3.61. The van der Waals surface area contributed by atoms with Crippen LogP contribution in [0.4, 0.5) is 0 Å². The molecule has 0 fully saturated rings. The van der Waals surface area contributed by atoms with Gasteiger partial charge >= 0.3 is 0 Å². The quantitative estimate of drug-likeness (QED) is 0.582. The minimum Gasteiger partial charge on any atom is -0.493 e. The van der Waals surface area contributed by atoms with Crippen LogP contribution >= 0.6 is 11.6 Å². The third kappa shape index (κ3) is 3.44. The summed E-state index contributed by atoms with van der Waals surface area (Å²) >= 11 is 6.35. The molecule has 3 rings (SSSR count). The van der Waals surface area contributed by atoms with Crippen LogP contribution in [0.1, 0.15) is 11.5 Å². The Kier molecular flexibility index (Phi) is 4.87. The molecule has 0 spiro atoms. The maximum absolute atomic E-state index is 6.35. The van der Waals surface area contributed by atoms with Crippen LogP contribution in [-0.2, 0) is 0 Å². The normalized spacial score (nSPS) is 11.5. The number of rotatable bonds is 6. The summed E-state index contributed by atoms with van der Waals surface area (Å²) in [6.45, 7) is 4.04. The van der Waals surface area contributed by atoms with Gasteiger partial charge in [0.2, 0.25) is 5.89 Å². The predicted molar refractivity (Wildman–Crippen MR) is 96.4 cm³/mol. The molecule has 2 aromatic carbocycles. The van der Waals surface area contributed by atoms with Gasteiger partial charge in [-0.3, -0.25) is 0 Å². The van der Waals surface area contributed by atoms with E-state index in [0.717, 1.165) is 11.1 Å². The van der Waals surface area contributed by atoms with Crippen LogP contribution in [0.2, 0.25) is 0 Å². The maximum atomic E-state index is 6.35. The number of aromatic nitrogens is 1. The summed E-state index contributed by atoms with van der Waals surface area (Å²) < 4.78 is 16.5. The molecule has 0 radical (unpaired) electrons. The van der Waals surface area contributed by atoms with Gasteiger partial charge in [-0.25, -0.2) is 4.98 Å². The molecule has 0 aliphatic heterocycles. The lowest BCUT2D eigenvalue weighted by molar-refractivity contribution is 0.326. The topological polar surface area (TPSA) is 44.5 Å². The first-order chi connectivity index (χ1) is 11.7. The lowest BCUT2D eigenvalue weighted by Crippen LogP contribution is -1.96. The van der Waals surface area contributed by atoms with Gasteiger partial charge in [0.1, 0.15) is 17.2 Å². The summed E-state index contributed by atoms with van der Waals surface area (Å²) in [4.78, 5) is 4.38. The van der Waals surface area contributed by atoms with Gasteiger partial charge in [0.15, 0.2) is 17.1 Å². The van der Waals surface area contributed by atoms with Crippen molar-refractivity contribution in [3.8, 4) is 11.5 Å². The van der Waals surface area contributed by atoms with Crippen LogP contribution in [0.15, 0.2) is 59.5 Å². The number of fused-ring (bicyclic) bond motifs is 1. The van der Waals surface area contributed by atoms with E-state index in [1.807, 2.05) is 42.5 Å². The van der Waals surface area contributed by atoms with Crippen molar-refractivity contribution >= 4 is 33.8 Å². The fourth-order valence-corrected chi connectivity index (χ4v) is 2.43. The van der Waals surface area contributed by atoms with E-state index >= 15 is 0 Å². The molecule has 0 aliphatic carbocycles. The average molecular weight is 342 g/mol. The minimum absolute atomic E-state index is 0.379. The Hall–Kier alpha value is -2.72. The smallest absolute Gasteiger partial charge is 0.238 e. The summed E-state index contributed by atoms with van der Waals surface area (Å²) in [5.74, 6) is 1.64. The number of hydrogen-bond acceptors (Lipinski definition) is 4. The minimum atomic E-state index is 0.379. The summed E-state index contributed by atoms with van der Waals surface area (Å²) in [5, 5.41) is 0.410. The fraction of sp³-hybridized carbons (Fsp3) is 0.105. The van der Waals surface area contributed by atoms with Crippen LogP contribution in [0.5, 0.6) is 11.5 Å². The summed E-state index contributed by atoms with van der Waals surface area (Å²) in [6, 6.07) is 13.1. The van der Waals surface area contributed by atoms with Crippen molar-refractivity contribution in [3.05, 3.63) is 66.6 Å². The molecule has 122 valence electrons. The number of benzene rings is 2. The van der Waals surface area contributed by atoms with Crippen molar-refractivity contribution in [1.29, 1.82) is 0 Å². The summed E-state index contributed by atoms with van der Waals surface area (Å²) in [5.41, 5.74) is 2.32. The predicted octanol–water partition coefficient (Wildman–Crippen LogP) is 5.14. The van der Waals surface area contributed by atoms with Gasteiger partial charge in [-0.05, 0) is 35.9 Å². The molecule has 1 heterocycles. The standard InChI is InChI=1S/C19H16ClNO3/c1-3-10-23-17-9-8-13(12-18(17)22-2)11-14(20)19-21-15-6-4-5-7-16(15)24-19/h3-9,11-12H,1,10H2,2H3/b14-11-. The number of halogens is 1. The van der Waals surface area contributed by atoms with Crippen molar-refractivity contribution in [3.63, 3.8) is 0 Å². The van der Waals surface area contributed by atoms with Gasteiger partial charge in [-0.2, -0.15) is 0 Å². The van der Waals surface area contributed by atoms with E-state index in [-0.39, 0.29) is 0 Å². The molecule has 5 heteroatoms. The van der Waals surface area contributed by atoms with E-state index in [9.17, 15) is 0 Å². The number of oxazole rings is 1. The van der Waals surface area contributed by atoms with Crippen LogP contribution < -0.4 is 9.47 Å². The molecule has 24 heavy (non-hydrogen) atoms. The molecule has 4 nitrogen and oxygen atoms in total. The van der Waals surface area contributed by atoms with Crippen molar-refractivity contribution in [2.45, 2.75) is 0 Å². The van der Waals surface area contributed by atoms with Gasteiger partial charge < -0.3 is 13.9 Å². The lowest BCUT2D eigenvalue weighted by atomic mass is 10.2. The second kappa shape index (κ2) is 7.23. The molecule has 1 aromatic heterocycles. The molecule has 0 unspecified atom stereocenters. The monoisotopic (exact) mass is 341 g/mol. The molecule has 0 atom stereocenters. The Morgan fingerprint density at radius 3 is 2.83 bits per heavy atom. The van der Waals surface area contributed by atoms with Gasteiger partial charge in [-0.1, -0.05) is 42.5 Å². The zero-order chi connectivity index (χ0) is 16.9. The largest absolute Gasteiger partial charge is 0.493 e. The number of methoxy groups -OCH3 is 1. The SMILES string of the molecule is C=CCOc1ccc(/C=C(\Cl)c2nc3ccccc3o2)cc1OC. The Morgan fingerprint density at radius 2 is 2.08 bits per heavy atom. The van der Waals surface area contributed by atoms with Crippen molar-refractivity contribution < 1.29 is 13.9 Å². The fourth-order valence-electron chi connectivity index (χ4n) is 2.22. The van der Waals surface area contributed by atoms with Crippen molar-refractivity contribution in [2.75, 3.05) is 13.7 Å².